The van der Waals surface area contributed by atoms with Crippen LogP contribution in [0.25, 0.3) is 10.8 Å². The third-order valence-corrected chi connectivity index (χ3v) is 4.65. The van der Waals surface area contributed by atoms with Gasteiger partial charge < -0.3 is 14.6 Å². The SMILES string of the molecule is O=C(C#CCNC(=O)c1ccc2ccc(S(=O)[O-])cc2c1)OCc1ccccc1. The van der Waals surface area contributed by atoms with Gasteiger partial charge in [-0.25, -0.2) is 4.79 Å². The molecule has 1 N–H and O–H groups in total. The summed E-state index contributed by atoms with van der Waals surface area (Å²) in [4.78, 5) is 24.0. The summed E-state index contributed by atoms with van der Waals surface area (Å²) in [5, 5.41) is 4.04. The van der Waals surface area contributed by atoms with Crippen LogP contribution >= 0.6 is 0 Å². The number of hydrogen-bond acceptors (Lipinski definition) is 5. The number of fused-ring (bicyclic) bond motifs is 1. The molecule has 1 unspecified atom stereocenters. The number of nitrogens with one attached hydrogen (secondary N) is 1. The van der Waals surface area contributed by atoms with E-state index in [1.165, 1.54) is 12.1 Å². The molecule has 6 nitrogen and oxygen atoms in total. The van der Waals surface area contributed by atoms with Crippen molar-refractivity contribution in [2.24, 2.45) is 0 Å². The second-order valence-electron chi connectivity index (χ2n) is 6.00. The van der Waals surface area contributed by atoms with Crippen molar-refractivity contribution in [3.05, 3.63) is 77.9 Å². The quantitative estimate of drug-likeness (QED) is 0.304. The molecule has 146 valence electrons. The highest BCUT2D eigenvalue weighted by atomic mass is 32.2. The Morgan fingerprint density at radius 2 is 1.76 bits per heavy atom. The van der Waals surface area contributed by atoms with Crippen molar-refractivity contribution in [3.8, 4) is 11.8 Å². The molecule has 29 heavy (non-hydrogen) atoms. The Bertz CT molecular complexity index is 1130. The average molecular weight is 406 g/mol. The fourth-order valence-electron chi connectivity index (χ4n) is 2.57. The maximum atomic E-state index is 12.2. The number of rotatable bonds is 5. The summed E-state index contributed by atoms with van der Waals surface area (Å²) in [7, 11) is 0. The fourth-order valence-corrected chi connectivity index (χ4v) is 2.97. The fraction of sp³-hybridized carbons (Fsp3) is 0.0909. The van der Waals surface area contributed by atoms with Gasteiger partial charge in [-0.1, -0.05) is 48.4 Å². The molecule has 7 heteroatoms. The van der Waals surface area contributed by atoms with Gasteiger partial charge in [0.2, 0.25) is 0 Å². The van der Waals surface area contributed by atoms with Gasteiger partial charge in [-0.2, -0.15) is 0 Å². The van der Waals surface area contributed by atoms with Crippen LogP contribution in [0.3, 0.4) is 0 Å². The Morgan fingerprint density at radius 1 is 1.00 bits per heavy atom. The molecule has 3 aromatic carbocycles. The molecule has 0 saturated carbocycles. The molecule has 1 amide bonds. The summed E-state index contributed by atoms with van der Waals surface area (Å²) in [6.45, 7) is 0.107. The first kappa shape index (κ1) is 20.3. The molecule has 1 atom stereocenters. The van der Waals surface area contributed by atoms with Crippen molar-refractivity contribution in [2.45, 2.75) is 11.5 Å². The van der Waals surface area contributed by atoms with Crippen molar-refractivity contribution >= 4 is 33.7 Å². The predicted octanol–water partition coefficient (Wildman–Crippen LogP) is 2.55. The van der Waals surface area contributed by atoms with Crippen LogP contribution < -0.4 is 5.32 Å². The highest BCUT2D eigenvalue weighted by molar-refractivity contribution is 7.79. The summed E-state index contributed by atoms with van der Waals surface area (Å²) in [6.07, 6.45) is 0. The van der Waals surface area contributed by atoms with Gasteiger partial charge in [-0.3, -0.25) is 9.00 Å². The van der Waals surface area contributed by atoms with Crippen LogP contribution in [0.5, 0.6) is 0 Å². The molecule has 0 radical (unpaired) electrons. The molecule has 0 bridgehead atoms. The minimum Gasteiger partial charge on any atom is -0.768 e. The van der Waals surface area contributed by atoms with Crippen molar-refractivity contribution < 1.29 is 23.1 Å². The third-order valence-electron chi connectivity index (χ3n) is 4.01. The van der Waals surface area contributed by atoms with Gasteiger partial charge in [0.1, 0.15) is 6.61 Å². The van der Waals surface area contributed by atoms with Crippen molar-refractivity contribution in [3.63, 3.8) is 0 Å². The topological polar surface area (TPSA) is 95.5 Å². The van der Waals surface area contributed by atoms with Gasteiger partial charge in [0.15, 0.2) is 0 Å². The first-order valence-corrected chi connectivity index (χ1v) is 9.71. The second-order valence-corrected chi connectivity index (χ2v) is 6.95. The summed E-state index contributed by atoms with van der Waals surface area (Å²) in [6, 6.07) is 18.9. The lowest BCUT2D eigenvalue weighted by molar-refractivity contribution is -0.137. The van der Waals surface area contributed by atoms with Gasteiger partial charge in [0, 0.05) is 16.4 Å². The average Bonchev–Trinajstić information content (AvgIpc) is 2.75. The zero-order valence-electron chi connectivity index (χ0n) is 15.2. The largest absolute Gasteiger partial charge is 0.768 e. The number of esters is 1. The lowest BCUT2D eigenvalue weighted by Gasteiger charge is -2.08. The maximum absolute atomic E-state index is 12.2. The Labute approximate surface area is 170 Å². The van der Waals surface area contributed by atoms with E-state index in [2.05, 4.69) is 17.2 Å². The summed E-state index contributed by atoms with van der Waals surface area (Å²) >= 11 is -2.34. The number of amides is 1. The first-order valence-electron chi connectivity index (χ1n) is 8.64. The Hall–Kier alpha value is -3.47. The van der Waals surface area contributed by atoms with Crippen molar-refractivity contribution in [1.82, 2.24) is 5.32 Å². The number of ether oxygens (including phenoxy) is 1. The van der Waals surface area contributed by atoms with Gasteiger partial charge in [0.25, 0.3) is 5.91 Å². The molecule has 0 spiro atoms. The highest BCUT2D eigenvalue weighted by Crippen LogP contribution is 2.19. The minimum absolute atomic E-state index is 0.0259. The molecule has 0 fully saturated rings. The molecule has 0 heterocycles. The van der Waals surface area contributed by atoms with Crippen LogP contribution in [0.15, 0.2) is 71.6 Å². The molecule has 3 aromatic rings. The van der Waals surface area contributed by atoms with E-state index in [9.17, 15) is 18.4 Å². The summed E-state index contributed by atoms with van der Waals surface area (Å²) in [5.74, 6) is 3.80. The van der Waals surface area contributed by atoms with E-state index < -0.39 is 17.0 Å². The number of carbonyl (C=O) groups is 2. The zero-order valence-corrected chi connectivity index (χ0v) is 16.0. The predicted molar refractivity (Wildman–Crippen MR) is 107 cm³/mol. The van der Waals surface area contributed by atoms with Gasteiger partial charge in [0.05, 0.1) is 6.54 Å². The summed E-state index contributed by atoms with van der Waals surface area (Å²) in [5.41, 5.74) is 1.22. The monoisotopic (exact) mass is 406 g/mol. The standard InChI is InChI=1S/C22H17NO5S/c24-21(28-15-16-5-2-1-3-6-16)7-4-12-23-22(25)18-9-8-17-10-11-20(29(26)27)14-19(17)13-18/h1-3,5-6,8-11,13-14H,12,15H2,(H,23,25)(H,26,27)/p-1. The molecule has 0 aliphatic carbocycles. The van der Waals surface area contributed by atoms with Crippen LogP contribution in [0.4, 0.5) is 0 Å². The Balaban J connectivity index is 1.55. The molecule has 0 saturated heterocycles. The smallest absolute Gasteiger partial charge is 0.384 e. The number of benzene rings is 3. The normalized spacial score (nSPS) is 11.2. The number of carbonyl (C=O) groups excluding carboxylic acids is 2. The third kappa shape index (κ3) is 5.75. The molecule has 3 rings (SSSR count). The zero-order chi connectivity index (χ0) is 20.6. The maximum Gasteiger partial charge on any atom is 0.384 e. The van der Waals surface area contributed by atoms with Gasteiger partial charge in [-0.05, 0) is 51.7 Å². The first-order chi connectivity index (χ1) is 14.0. The number of hydrogen-bond donors (Lipinski definition) is 1. The van der Waals surface area contributed by atoms with Crippen LogP contribution in [-0.4, -0.2) is 27.2 Å². The van der Waals surface area contributed by atoms with Gasteiger partial charge in [-0.15, -0.1) is 0 Å². The van der Waals surface area contributed by atoms with E-state index in [1.54, 1.807) is 24.3 Å². The molecular weight excluding hydrogens is 390 g/mol. The lowest BCUT2D eigenvalue weighted by atomic mass is 10.1. The van der Waals surface area contributed by atoms with Crippen molar-refractivity contribution in [1.29, 1.82) is 0 Å². The van der Waals surface area contributed by atoms with E-state index in [4.69, 9.17) is 4.74 Å². The van der Waals surface area contributed by atoms with Crippen molar-refractivity contribution in [2.75, 3.05) is 6.54 Å². The van der Waals surface area contributed by atoms with E-state index in [0.717, 1.165) is 10.9 Å². The minimum atomic E-state index is -2.34. The molecule has 0 aromatic heterocycles. The van der Waals surface area contributed by atoms with Crippen LogP contribution in [-0.2, 0) is 27.2 Å². The lowest BCUT2D eigenvalue weighted by Crippen LogP contribution is -2.23. The van der Waals surface area contributed by atoms with E-state index in [-0.39, 0.29) is 24.0 Å². The molecule has 0 aliphatic heterocycles. The summed E-state index contributed by atoms with van der Waals surface area (Å²) < 4.78 is 27.2. The van der Waals surface area contributed by atoms with Crippen LogP contribution in [0, 0.1) is 11.8 Å². The Morgan fingerprint density at radius 3 is 2.52 bits per heavy atom. The van der Waals surface area contributed by atoms with E-state index in [1.807, 2.05) is 30.3 Å². The van der Waals surface area contributed by atoms with Crippen LogP contribution in [0.2, 0.25) is 0 Å². The molecule has 0 aliphatic rings. The highest BCUT2D eigenvalue weighted by Gasteiger charge is 2.06. The molecular formula is C22H16NO5S-. The van der Waals surface area contributed by atoms with Gasteiger partial charge >= 0.3 is 5.97 Å². The van der Waals surface area contributed by atoms with E-state index >= 15 is 0 Å². The Kier molecular flexibility index (Phi) is 6.74. The van der Waals surface area contributed by atoms with E-state index in [0.29, 0.717) is 10.9 Å². The second kappa shape index (κ2) is 9.64. The van der Waals surface area contributed by atoms with Crippen LogP contribution in [0.1, 0.15) is 15.9 Å².